The van der Waals surface area contributed by atoms with Gasteiger partial charge in [-0.1, -0.05) is 0 Å². The molecule has 12 heteroatoms. The van der Waals surface area contributed by atoms with Gasteiger partial charge in [-0.3, -0.25) is 15.0 Å². The Balaban J connectivity index is 0.000000326. The van der Waals surface area contributed by atoms with Gasteiger partial charge in [0, 0.05) is 12.8 Å². The van der Waals surface area contributed by atoms with Gasteiger partial charge in [-0.15, -0.1) is 0 Å². The van der Waals surface area contributed by atoms with Crippen LogP contribution in [-0.2, 0) is 23.8 Å². The Kier molecular flexibility index (Phi) is 7.86. The first-order valence-electron chi connectivity index (χ1n) is 8.75. The molecule has 168 valence electrons. The second-order valence-corrected chi connectivity index (χ2v) is 7.72. The Morgan fingerprint density at radius 3 is 1.93 bits per heavy atom. The number of halogens is 4. The summed E-state index contributed by atoms with van der Waals surface area (Å²) < 4.78 is 65.1. The summed E-state index contributed by atoms with van der Waals surface area (Å²) in [5, 5.41) is 2.37. The number of hydrogen-bond acceptors (Lipinski definition) is 7. The number of alkyl halides is 4. The SMILES string of the molecule is COC(=O)[C@H]1CC(F)(F)CN1.COC(=O)[C@H]1CC(F)(F)CN1C(=O)OC(C)(C)C. The fourth-order valence-corrected chi connectivity index (χ4v) is 2.70. The lowest BCUT2D eigenvalue weighted by molar-refractivity contribution is -0.146. The van der Waals surface area contributed by atoms with E-state index in [9.17, 15) is 31.9 Å². The molecule has 0 aliphatic carbocycles. The Bertz CT molecular complexity index is 624. The van der Waals surface area contributed by atoms with Gasteiger partial charge in [0.1, 0.15) is 17.7 Å². The number of amides is 1. The van der Waals surface area contributed by atoms with Crippen molar-refractivity contribution in [3.05, 3.63) is 0 Å². The average Bonchev–Trinajstić information content (AvgIpc) is 3.11. The molecule has 1 amide bonds. The Morgan fingerprint density at radius 2 is 1.52 bits per heavy atom. The Labute approximate surface area is 165 Å². The number of carbonyl (C=O) groups is 3. The van der Waals surface area contributed by atoms with E-state index in [1.807, 2.05) is 0 Å². The highest BCUT2D eigenvalue weighted by molar-refractivity contribution is 5.82. The number of rotatable bonds is 2. The van der Waals surface area contributed by atoms with Crippen LogP contribution < -0.4 is 5.32 Å². The number of carbonyl (C=O) groups excluding carboxylic acids is 3. The van der Waals surface area contributed by atoms with E-state index < -0.39 is 73.5 Å². The van der Waals surface area contributed by atoms with Gasteiger partial charge in [0.2, 0.25) is 0 Å². The van der Waals surface area contributed by atoms with Gasteiger partial charge >= 0.3 is 18.0 Å². The minimum atomic E-state index is -3.10. The van der Waals surface area contributed by atoms with Gasteiger partial charge in [-0.2, -0.15) is 0 Å². The Morgan fingerprint density at radius 1 is 0.966 bits per heavy atom. The summed E-state index contributed by atoms with van der Waals surface area (Å²) in [6, 6.07) is -2.13. The molecule has 0 aromatic heterocycles. The third-order valence-electron chi connectivity index (χ3n) is 3.97. The zero-order valence-corrected chi connectivity index (χ0v) is 16.9. The molecular weight excluding hydrogens is 404 g/mol. The van der Waals surface area contributed by atoms with Crippen molar-refractivity contribution >= 4 is 18.0 Å². The van der Waals surface area contributed by atoms with Crippen LogP contribution >= 0.6 is 0 Å². The van der Waals surface area contributed by atoms with E-state index in [0.717, 1.165) is 12.0 Å². The summed E-state index contributed by atoms with van der Waals surface area (Å²) in [6.07, 6.45) is -2.13. The van der Waals surface area contributed by atoms with Crippen molar-refractivity contribution in [3.63, 3.8) is 0 Å². The van der Waals surface area contributed by atoms with Gasteiger partial charge in [0.05, 0.1) is 27.3 Å². The van der Waals surface area contributed by atoms with Crippen molar-refractivity contribution in [2.24, 2.45) is 0 Å². The van der Waals surface area contributed by atoms with Gasteiger partial charge in [0.25, 0.3) is 11.8 Å². The van der Waals surface area contributed by atoms with Crippen LogP contribution in [0.15, 0.2) is 0 Å². The molecule has 0 aromatic rings. The molecule has 2 saturated heterocycles. The molecule has 2 heterocycles. The molecule has 0 spiro atoms. The van der Waals surface area contributed by atoms with Crippen molar-refractivity contribution in [1.82, 2.24) is 10.2 Å². The highest BCUT2D eigenvalue weighted by Crippen LogP contribution is 2.33. The molecular formula is C17H26F4N2O6. The minimum absolute atomic E-state index is 0.438. The monoisotopic (exact) mass is 430 g/mol. The molecule has 0 aromatic carbocycles. The summed E-state index contributed by atoms with van der Waals surface area (Å²) in [7, 11) is 2.27. The summed E-state index contributed by atoms with van der Waals surface area (Å²) in [5.41, 5.74) is -0.810. The second-order valence-electron chi connectivity index (χ2n) is 7.72. The van der Waals surface area contributed by atoms with Crippen LogP contribution in [0.25, 0.3) is 0 Å². The lowest BCUT2D eigenvalue weighted by Gasteiger charge is -2.26. The van der Waals surface area contributed by atoms with E-state index in [0.29, 0.717) is 0 Å². The number of methoxy groups -OCH3 is 2. The van der Waals surface area contributed by atoms with Crippen LogP contribution in [0, 0.1) is 0 Å². The molecule has 2 aliphatic heterocycles. The standard InChI is InChI=1S/C11H17F2NO4.C6H9F2NO2/c1-10(2,3)18-9(16)14-6-11(12,13)5-7(14)8(15)17-4;1-11-5(10)4-2-6(7,8)3-9-4/h7H,5-6H2,1-4H3;4,9H,2-3H2,1H3/t7-;4-/m11/s1. The first-order chi connectivity index (χ1) is 13.1. The van der Waals surface area contributed by atoms with E-state index in [1.54, 1.807) is 20.8 Å². The molecule has 2 atom stereocenters. The lowest BCUT2D eigenvalue weighted by Crippen LogP contribution is -2.44. The number of likely N-dealkylation sites (tertiary alicyclic amines) is 1. The maximum absolute atomic E-state index is 13.3. The number of ether oxygens (including phenoxy) is 3. The maximum Gasteiger partial charge on any atom is 0.411 e. The average molecular weight is 430 g/mol. The zero-order valence-electron chi connectivity index (χ0n) is 16.9. The first-order valence-corrected chi connectivity index (χ1v) is 8.75. The highest BCUT2D eigenvalue weighted by atomic mass is 19.3. The predicted molar refractivity (Wildman–Crippen MR) is 91.7 cm³/mol. The van der Waals surface area contributed by atoms with Gasteiger partial charge in [0.15, 0.2) is 0 Å². The van der Waals surface area contributed by atoms with Crippen molar-refractivity contribution in [2.75, 3.05) is 27.3 Å². The van der Waals surface area contributed by atoms with Crippen molar-refractivity contribution in [1.29, 1.82) is 0 Å². The third-order valence-corrected chi connectivity index (χ3v) is 3.97. The van der Waals surface area contributed by atoms with Crippen LogP contribution in [0.4, 0.5) is 22.4 Å². The van der Waals surface area contributed by atoms with Gasteiger partial charge in [-0.25, -0.2) is 27.2 Å². The lowest BCUT2D eigenvalue weighted by atomic mass is 10.2. The molecule has 2 aliphatic rings. The molecule has 0 radical (unpaired) electrons. The largest absolute Gasteiger partial charge is 0.468 e. The van der Waals surface area contributed by atoms with Crippen molar-refractivity contribution < 1.29 is 46.2 Å². The number of esters is 2. The predicted octanol–water partition coefficient (Wildman–Crippen LogP) is 1.96. The van der Waals surface area contributed by atoms with E-state index in [2.05, 4.69) is 14.8 Å². The van der Waals surface area contributed by atoms with E-state index in [1.165, 1.54) is 7.11 Å². The topological polar surface area (TPSA) is 94.2 Å². The number of nitrogens with zero attached hydrogens (tertiary/aromatic N) is 1. The molecule has 0 unspecified atom stereocenters. The number of nitrogens with one attached hydrogen (secondary N) is 1. The van der Waals surface area contributed by atoms with Crippen LogP contribution in [0.2, 0.25) is 0 Å². The van der Waals surface area contributed by atoms with Crippen LogP contribution in [0.3, 0.4) is 0 Å². The highest BCUT2D eigenvalue weighted by Gasteiger charge is 2.51. The second kappa shape index (κ2) is 9.14. The fraction of sp³-hybridized carbons (Fsp3) is 0.824. The first kappa shape index (κ1) is 24.9. The molecule has 2 rings (SSSR count). The summed E-state index contributed by atoms with van der Waals surface area (Å²) in [4.78, 5) is 34.5. The molecule has 0 saturated carbocycles. The molecule has 2 fully saturated rings. The summed E-state index contributed by atoms with van der Waals surface area (Å²) in [5.74, 6) is -7.35. The zero-order chi connectivity index (χ0) is 22.6. The van der Waals surface area contributed by atoms with Crippen molar-refractivity contribution in [3.8, 4) is 0 Å². The fourth-order valence-electron chi connectivity index (χ4n) is 2.70. The van der Waals surface area contributed by atoms with E-state index in [-0.39, 0.29) is 0 Å². The minimum Gasteiger partial charge on any atom is -0.468 e. The molecule has 29 heavy (non-hydrogen) atoms. The van der Waals surface area contributed by atoms with E-state index >= 15 is 0 Å². The molecule has 0 bridgehead atoms. The van der Waals surface area contributed by atoms with Crippen LogP contribution in [-0.4, -0.2) is 79.8 Å². The summed E-state index contributed by atoms with van der Waals surface area (Å²) in [6.45, 7) is 3.58. The van der Waals surface area contributed by atoms with E-state index in [4.69, 9.17) is 4.74 Å². The quantitative estimate of drug-likeness (QED) is 0.407. The number of hydrogen-bond donors (Lipinski definition) is 1. The maximum atomic E-state index is 13.3. The molecule has 8 nitrogen and oxygen atoms in total. The molecule has 1 N–H and O–H groups in total. The van der Waals surface area contributed by atoms with Gasteiger partial charge < -0.3 is 14.2 Å². The normalized spacial score (nSPS) is 24.9. The summed E-state index contributed by atoms with van der Waals surface area (Å²) >= 11 is 0. The van der Waals surface area contributed by atoms with Crippen LogP contribution in [0.1, 0.15) is 33.6 Å². The smallest absolute Gasteiger partial charge is 0.411 e. The van der Waals surface area contributed by atoms with Crippen molar-refractivity contribution in [2.45, 2.75) is 63.1 Å². The van der Waals surface area contributed by atoms with Gasteiger partial charge in [-0.05, 0) is 20.8 Å². The van der Waals surface area contributed by atoms with Crippen LogP contribution in [0.5, 0.6) is 0 Å². The third kappa shape index (κ3) is 7.67. The Hall–Kier alpha value is -2.11.